The molecular weight excluding hydrogens is 549 g/mol. The minimum absolute atomic E-state index is 0.250. The van der Waals surface area contributed by atoms with Crippen LogP contribution < -0.4 is 20.5 Å². The normalized spacial score (nSPS) is 16.7. The highest BCUT2D eigenvalue weighted by Gasteiger charge is 2.40. The van der Waals surface area contributed by atoms with E-state index in [1.54, 1.807) is 19.2 Å². The lowest BCUT2D eigenvalue weighted by Crippen LogP contribution is -2.31. The summed E-state index contributed by atoms with van der Waals surface area (Å²) in [5, 5.41) is 13.0. The van der Waals surface area contributed by atoms with Gasteiger partial charge in [0.2, 0.25) is 6.41 Å². The molecule has 2 aromatic carbocycles. The van der Waals surface area contributed by atoms with Gasteiger partial charge < -0.3 is 19.9 Å². The molecule has 1 amide bonds. The molecule has 3 N–H and O–H groups in total. The standard InChI is InChI=1S/C30H31FN4O3.C2H6.CH3NO/c1-30(38-17-32-2)16-37-29-24(30)15-23(33-28(29)20-7-9-22(31)10-8-20)11-4-18-12-21-14-25(19-5-6-19)34-35-27(21)26(13-18)36-3;1-2;2-1-3/h7-10,12-15,19,32H,4-6,11,16-17H2,1-3H3;1-2H3;1H,(H2,2,3). The first-order valence-electron chi connectivity index (χ1n) is 14.6. The Morgan fingerprint density at radius 3 is 2.49 bits per heavy atom. The van der Waals surface area contributed by atoms with Gasteiger partial charge in [0, 0.05) is 28.1 Å². The van der Waals surface area contributed by atoms with Gasteiger partial charge in [0.25, 0.3) is 0 Å². The monoisotopic (exact) mass is 589 g/mol. The van der Waals surface area contributed by atoms with Crippen LogP contribution in [0.5, 0.6) is 11.5 Å². The second-order valence-electron chi connectivity index (χ2n) is 10.4. The van der Waals surface area contributed by atoms with E-state index in [2.05, 4.69) is 39.4 Å². The number of halogens is 1. The number of methoxy groups -OCH3 is 1. The van der Waals surface area contributed by atoms with Crippen LogP contribution in [0, 0.1) is 5.82 Å². The van der Waals surface area contributed by atoms with Crippen molar-refractivity contribution < 1.29 is 23.4 Å². The number of nitrogens with one attached hydrogen (secondary N) is 1. The molecular formula is C33H40FN5O4. The summed E-state index contributed by atoms with van der Waals surface area (Å²) in [7, 11) is 3.51. The van der Waals surface area contributed by atoms with Crippen molar-refractivity contribution in [3.05, 3.63) is 76.9 Å². The lowest BCUT2D eigenvalue weighted by Gasteiger charge is -2.23. The summed E-state index contributed by atoms with van der Waals surface area (Å²) in [4.78, 5) is 13.6. The van der Waals surface area contributed by atoms with Gasteiger partial charge in [0.15, 0.2) is 5.75 Å². The van der Waals surface area contributed by atoms with Crippen molar-refractivity contribution in [2.75, 3.05) is 27.5 Å². The molecule has 6 rings (SSSR count). The number of aryl methyl sites for hydroxylation is 2. The third kappa shape index (κ3) is 7.26. The number of pyridine rings is 1. The van der Waals surface area contributed by atoms with Crippen LogP contribution in [0.15, 0.2) is 48.5 Å². The maximum absolute atomic E-state index is 13.7. The highest BCUT2D eigenvalue weighted by molar-refractivity contribution is 5.85. The second kappa shape index (κ2) is 14.3. The number of hydrogen-bond acceptors (Lipinski definition) is 8. The van der Waals surface area contributed by atoms with Crippen LogP contribution in [0.3, 0.4) is 0 Å². The number of ether oxygens (including phenoxy) is 3. The summed E-state index contributed by atoms with van der Waals surface area (Å²) >= 11 is 0. The van der Waals surface area contributed by atoms with Crippen molar-refractivity contribution in [3.8, 4) is 22.8 Å². The van der Waals surface area contributed by atoms with Crippen molar-refractivity contribution in [2.45, 2.75) is 58.0 Å². The fourth-order valence-corrected chi connectivity index (χ4v) is 5.05. The summed E-state index contributed by atoms with van der Waals surface area (Å²) < 4.78 is 31.6. The number of fused-ring (bicyclic) bond motifs is 2. The van der Waals surface area contributed by atoms with Crippen molar-refractivity contribution in [1.82, 2.24) is 20.5 Å². The van der Waals surface area contributed by atoms with Crippen molar-refractivity contribution >= 4 is 17.3 Å². The quantitative estimate of drug-likeness (QED) is 0.196. The summed E-state index contributed by atoms with van der Waals surface area (Å²) in [6, 6.07) is 14.8. The van der Waals surface area contributed by atoms with Crippen molar-refractivity contribution in [3.63, 3.8) is 0 Å². The number of carbonyl (C=O) groups excluding carboxylic acids is 1. The van der Waals surface area contributed by atoms with Crippen LogP contribution in [-0.4, -0.2) is 49.1 Å². The molecule has 1 saturated carbocycles. The molecule has 2 aliphatic rings. The van der Waals surface area contributed by atoms with Gasteiger partial charge >= 0.3 is 0 Å². The third-order valence-electron chi connectivity index (χ3n) is 7.36. The van der Waals surface area contributed by atoms with Crippen LogP contribution in [0.4, 0.5) is 4.39 Å². The molecule has 1 unspecified atom stereocenters. The average Bonchev–Trinajstić information content (AvgIpc) is 3.83. The van der Waals surface area contributed by atoms with Crippen LogP contribution >= 0.6 is 0 Å². The van der Waals surface area contributed by atoms with E-state index in [1.165, 1.54) is 25.0 Å². The van der Waals surface area contributed by atoms with Gasteiger partial charge in [-0.15, -0.1) is 5.10 Å². The van der Waals surface area contributed by atoms with E-state index in [1.807, 2.05) is 33.9 Å². The number of benzene rings is 2. The molecule has 0 saturated heterocycles. The molecule has 3 heterocycles. The summed E-state index contributed by atoms with van der Waals surface area (Å²) in [6.45, 7) is 6.81. The van der Waals surface area contributed by atoms with E-state index in [4.69, 9.17) is 24.0 Å². The molecule has 10 heteroatoms. The Kier molecular flexibility index (Phi) is 10.6. The highest BCUT2D eigenvalue weighted by atomic mass is 19.1. The fourth-order valence-electron chi connectivity index (χ4n) is 5.05. The fraction of sp³-hybridized carbons (Fsp3) is 0.394. The van der Waals surface area contributed by atoms with E-state index in [0.29, 0.717) is 37.1 Å². The van der Waals surface area contributed by atoms with Crippen molar-refractivity contribution in [1.29, 1.82) is 0 Å². The Morgan fingerprint density at radius 1 is 1.12 bits per heavy atom. The maximum Gasteiger partial charge on any atom is 0.204 e. The zero-order valence-electron chi connectivity index (χ0n) is 25.4. The van der Waals surface area contributed by atoms with E-state index in [0.717, 1.165) is 51.2 Å². The number of rotatable bonds is 9. The molecule has 0 bridgehead atoms. The molecule has 1 atom stereocenters. The van der Waals surface area contributed by atoms with E-state index in [9.17, 15) is 4.39 Å². The first-order valence-corrected chi connectivity index (χ1v) is 14.6. The van der Waals surface area contributed by atoms with Crippen LogP contribution in [0.1, 0.15) is 62.0 Å². The highest BCUT2D eigenvalue weighted by Crippen LogP contribution is 2.45. The summed E-state index contributed by atoms with van der Waals surface area (Å²) in [5.74, 6) is 1.66. The molecule has 0 spiro atoms. The number of hydrogen-bond donors (Lipinski definition) is 2. The minimum atomic E-state index is -0.616. The Balaban J connectivity index is 0.000000798. The predicted molar refractivity (Wildman–Crippen MR) is 165 cm³/mol. The Hall–Kier alpha value is -4.15. The van der Waals surface area contributed by atoms with Gasteiger partial charge in [-0.1, -0.05) is 13.8 Å². The molecule has 228 valence electrons. The van der Waals surface area contributed by atoms with Gasteiger partial charge in [-0.25, -0.2) is 9.37 Å². The molecule has 1 fully saturated rings. The Bertz CT molecular complexity index is 1550. The van der Waals surface area contributed by atoms with Gasteiger partial charge in [-0.3, -0.25) is 10.1 Å². The van der Waals surface area contributed by atoms with Gasteiger partial charge in [0.1, 0.15) is 35.0 Å². The SMILES string of the molecule is CC.CNCOC1(C)COc2c1cc(CCc1cc(OC)c3nnc(C4CC4)cc3c1)nc2-c1ccc(F)cc1.NC=O. The van der Waals surface area contributed by atoms with Gasteiger partial charge in [-0.2, -0.15) is 5.10 Å². The number of nitrogens with two attached hydrogens (primary N) is 1. The molecule has 2 aromatic heterocycles. The van der Waals surface area contributed by atoms with E-state index >= 15 is 0 Å². The number of aromatic nitrogens is 3. The van der Waals surface area contributed by atoms with Crippen molar-refractivity contribution in [2.24, 2.45) is 5.73 Å². The first kappa shape index (κ1) is 31.8. The number of nitrogens with zero attached hydrogens (tertiary/aromatic N) is 3. The maximum atomic E-state index is 13.7. The second-order valence-corrected chi connectivity index (χ2v) is 10.4. The van der Waals surface area contributed by atoms with Crippen LogP contribution in [0.25, 0.3) is 22.2 Å². The minimum Gasteiger partial charge on any atom is -0.494 e. The Labute approximate surface area is 252 Å². The van der Waals surface area contributed by atoms with Gasteiger partial charge in [-0.05, 0) is 93.7 Å². The molecule has 43 heavy (non-hydrogen) atoms. The smallest absolute Gasteiger partial charge is 0.204 e. The topological polar surface area (TPSA) is 121 Å². The zero-order valence-corrected chi connectivity index (χ0v) is 25.4. The zero-order chi connectivity index (χ0) is 31.0. The van der Waals surface area contributed by atoms with E-state index in [-0.39, 0.29) is 12.2 Å². The summed E-state index contributed by atoms with van der Waals surface area (Å²) in [5.41, 5.74) is 9.91. The Morgan fingerprint density at radius 2 is 1.84 bits per heavy atom. The number of primary amides is 1. The lowest BCUT2D eigenvalue weighted by atomic mass is 9.94. The van der Waals surface area contributed by atoms with Gasteiger partial charge in [0.05, 0.1) is 19.5 Å². The average molecular weight is 590 g/mol. The molecule has 1 aliphatic carbocycles. The molecule has 4 aromatic rings. The third-order valence-corrected chi connectivity index (χ3v) is 7.36. The molecule has 0 radical (unpaired) electrons. The van der Waals surface area contributed by atoms with Crippen LogP contribution in [-0.2, 0) is 28.0 Å². The largest absolute Gasteiger partial charge is 0.494 e. The number of carbonyl (C=O) groups is 1. The predicted octanol–water partition coefficient (Wildman–Crippen LogP) is 5.43. The first-order chi connectivity index (χ1) is 20.9. The number of amides is 1. The van der Waals surface area contributed by atoms with E-state index < -0.39 is 5.60 Å². The lowest BCUT2D eigenvalue weighted by molar-refractivity contribution is -0.106. The molecule has 1 aliphatic heterocycles. The molecule has 9 nitrogen and oxygen atoms in total. The summed E-state index contributed by atoms with van der Waals surface area (Å²) in [6.07, 6.45) is 4.07. The van der Waals surface area contributed by atoms with Crippen LogP contribution in [0.2, 0.25) is 0 Å².